The summed E-state index contributed by atoms with van der Waals surface area (Å²) in [6.45, 7) is 6.78. The van der Waals surface area contributed by atoms with Crippen LogP contribution in [0.3, 0.4) is 0 Å². The van der Waals surface area contributed by atoms with Crippen LogP contribution in [0.25, 0.3) is 10.9 Å². The van der Waals surface area contributed by atoms with Crippen LogP contribution in [0.1, 0.15) is 0 Å². The minimum atomic E-state index is -0.584. The lowest BCUT2D eigenvalue weighted by Crippen LogP contribution is -1.93. The third kappa shape index (κ3) is 3.38. The highest BCUT2D eigenvalue weighted by Crippen LogP contribution is 2.34. The summed E-state index contributed by atoms with van der Waals surface area (Å²) in [5.41, 5.74) is 0.603. The molecule has 2 aromatic rings. The molecule has 0 unspecified atom stereocenters. The van der Waals surface area contributed by atoms with Gasteiger partial charge in [-0.3, -0.25) is 4.98 Å². The van der Waals surface area contributed by atoms with E-state index in [2.05, 4.69) is 18.1 Å². The van der Waals surface area contributed by atoms with Crippen LogP contribution in [0.15, 0.2) is 61.3 Å². The molecule has 1 aromatic carbocycles. The van der Waals surface area contributed by atoms with Crippen LogP contribution in [0.5, 0.6) is 5.75 Å². The van der Waals surface area contributed by atoms with Crippen molar-refractivity contribution in [1.29, 1.82) is 0 Å². The quantitative estimate of drug-likeness (QED) is 0.551. The van der Waals surface area contributed by atoms with Crippen LogP contribution < -0.4 is 4.74 Å². The molecule has 0 saturated heterocycles. The van der Waals surface area contributed by atoms with Gasteiger partial charge in [0, 0.05) is 11.2 Å². The number of halogens is 3. The highest BCUT2D eigenvalue weighted by Gasteiger charge is 2.09. The Hall–Kier alpha value is -1.84. The van der Waals surface area contributed by atoms with Crippen molar-refractivity contribution >= 4 is 34.1 Å². The van der Waals surface area contributed by atoms with Gasteiger partial charge in [-0.1, -0.05) is 36.4 Å². The number of hydrogen-bond donors (Lipinski definition) is 0. The Bertz CT molecular complexity index is 725. The smallest absolute Gasteiger partial charge is 0.139 e. The van der Waals surface area contributed by atoms with E-state index in [1.807, 2.05) is 0 Å². The molecule has 20 heavy (non-hydrogen) atoms. The van der Waals surface area contributed by atoms with Crippen molar-refractivity contribution in [3.8, 4) is 5.75 Å². The highest BCUT2D eigenvalue weighted by molar-refractivity contribution is 6.39. The zero-order valence-electron chi connectivity index (χ0n) is 10.4. The Balaban J connectivity index is 2.40. The lowest BCUT2D eigenvalue weighted by atomic mass is 10.2. The third-order valence-corrected chi connectivity index (χ3v) is 2.93. The van der Waals surface area contributed by atoms with Crippen LogP contribution >= 0.6 is 23.2 Å². The summed E-state index contributed by atoms with van der Waals surface area (Å²) in [4.78, 5) is 4.17. The van der Waals surface area contributed by atoms with Crippen molar-refractivity contribution in [3.63, 3.8) is 0 Å². The second-order valence-electron chi connectivity index (χ2n) is 3.94. The van der Waals surface area contributed by atoms with E-state index in [1.54, 1.807) is 24.4 Å². The second-order valence-corrected chi connectivity index (χ2v) is 4.78. The molecule has 102 valence electrons. The predicted molar refractivity (Wildman–Crippen MR) is 80.9 cm³/mol. The zero-order chi connectivity index (χ0) is 14.7. The second kappa shape index (κ2) is 6.07. The van der Waals surface area contributed by atoms with Crippen molar-refractivity contribution < 1.29 is 9.13 Å². The van der Waals surface area contributed by atoms with Crippen LogP contribution in [0.4, 0.5) is 4.39 Å². The molecule has 0 spiro atoms. The number of nitrogens with zero attached hydrogens (tertiary/aromatic N) is 1. The molecule has 1 heterocycles. The first-order valence-electron chi connectivity index (χ1n) is 5.60. The van der Waals surface area contributed by atoms with E-state index in [0.29, 0.717) is 26.7 Å². The molecule has 2 nitrogen and oxygen atoms in total. The average Bonchev–Trinajstić information content (AvgIpc) is 2.35. The number of allylic oxidation sites excluding steroid dienone is 3. The van der Waals surface area contributed by atoms with Gasteiger partial charge in [-0.2, -0.15) is 0 Å². The molecule has 2 rings (SSSR count). The fourth-order valence-electron chi connectivity index (χ4n) is 1.62. The number of fused-ring (bicyclic) bond motifs is 1. The van der Waals surface area contributed by atoms with Gasteiger partial charge in [0.1, 0.15) is 17.3 Å². The Morgan fingerprint density at radius 2 is 2.00 bits per heavy atom. The first-order chi connectivity index (χ1) is 9.47. The molecule has 1 aromatic heterocycles. The Labute approximate surface area is 125 Å². The Morgan fingerprint density at radius 1 is 1.25 bits per heavy atom. The van der Waals surface area contributed by atoms with Gasteiger partial charge in [-0.25, -0.2) is 4.39 Å². The number of aromatic nitrogens is 1. The van der Waals surface area contributed by atoms with Gasteiger partial charge in [0.05, 0.1) is 15.9 Å². The minimum Gasteiger partial charge on any atom is -0.457 e. The van der Waals surface area contributed by atoms with Crippen LogP contribution in [-0.2, 0) is 0 Å². The van der Waals surface area contributed by atoms with Crippen molar-refractivity contribution in [2.45, 2.75) is 0 Å². The van der Waals surface area contributed by atoms with Gasteiger partial charge in [-0.05, 0) is 30.4 Å². The molecule has 0 fully saturated rings. The third-order valence-electron chi connectivity index (χ3n) is 2.41. The van der Waals surface area contributed by atoms with Gasteiger partial charge in [-0.15, -0.1) is 0 Å². The molecule has 0 aliphatic carbocycles. The van der Waals surface area contributed by atoms with Gasteiger partial charge in [0.25, 0.3) is 0 Å². The SMILES string of the molecule is C=C(F)/C=C\C(=C)Oc1ccnc2cc(Cl)cc(Cl)c12. The number of rotatable bonds is 4. The van der Waals surface area contributed by atoms with E-state index >= 15 is 0 Å². The predicted octanol–water partition coefficient (Wildman–Crippen LogP) is 5.47. The number of hydrogen-bond acceptors (Lipinski definition) is 2. The number of pyridine rings is 1. The molecule has 0 amide bonds. The van der Waals surface area contributed by atoms with Crippen molar-refractivity contribution in [2.24, 2.45) is 0 Å². The summed E-state index contributed by atoms with van der Waals surface area (Å²) in [6.07, 6.45) is 4.10. The minimum absolute atomic E-state index is 0.252. The molecule has 0 atom stereocenters. The number of ether oxygens (including phenoxy) is 1. The van der Waals surface area contributed by atoms with E-state index < -0.39 is 5.83 Å². The lowest BCUT2D eigenvalue weighted by Gasteiger charge is -2.09. The van der Waals surface area contributed by atoms with E-state index in [0.717, 1.165) is 6.08 Å². The first-order valence-corrected chi connectivity index (χ1v) is 6.36. The van der Waals surface area contributed by atoms with Gasteiger partial charge >= 0.3 is 0 Å². The molecular weight excluding hydrogens is 300 g/mol. The van der Waals surface area contributed by atoms with E-state index in [-0.39, 0.29) is 5.76 Å². The molecule has 0 N–H and O–H groups in total. The van der Waals surface area contributed by atoms with Crippen LogP contribution in [0, 0.1) is 0 Å². The molecule has 0 aliphatic rings. The van der Waals surface area contributed by atoms with Crippen molar-refractivity contribution in [3.05, 3.63) is 71.3 Å². The number of benzene rings is 1. The van der Waals surface area contributed by atoms with Crippen LogP contribution in [-0.4, -0.2) is 4.98 Å². The summed E-state index contributed by atoms with van der Waals surface area (Å²) in [5, 5.41) is 1.52. The van der Waals surface area contributed by atoms with E-state index in [9.17, 15) is 4.39 Å². The Morgan fingerprint density at radius 3 is 2.70 bits per heavy atom. The van der Waals surface area contributed by atoms with Crippen LogP contribution in [0.2, 0.25) is 10.0 Å². The standard InChI is InChI=1S/C15H10Cl2FNO/c1-9(18)3-4-10(2)20-14-5-6-19-13-8-11(16)7-12(17)15(13)14/h3-8H,1-2H2/b4-3-. The van der Waals surface area contributed by atoms with Crippen molar-refractivity contribution in [2.75, 3.05) is 0 Å². The largest absolute Gasteiger partial charge is 0.457 e. The summed E-state index contributed by atoms with van der Waals surface area (Å²) in [5.74, 6) is 0.136. The van der Waals surface area contributed by atoms with E-state index in [1.165, 1.54) is 6.08 Å². The maximum atomic E-state index is 12.5. The maximum Gasteiger partial charge on any atom is 0.139 e. The molecule has 0 radical (unpaired) electrons. The van der Waals surface area contributed by atoms with Crippen molar-refractivity contribution in [1.82, 2.24) is 4.98 Å². The lowest BCUT2D eigenvalue weighted by molar-refractivity contribution is 0.451. The average molecular weight is 310 g/mol. The summed E-state index contributed by atoms with van der Waals surface area (Å²) in [7, 11) is 0. The fraction of sp³-hybridized carbons (Fsp3) is 0. The van der Waals surface area contributed by atoms with E-state index in [4.69, 9.17) is 27.9 Å². The Kier molecular flexibility index (Phi) is 4.42. The fourth-order valence-corrected chi connectivity index (χ4v) is 2.19. The monoisotopic (exact) mass is 309 g/mol. The molecule has 0 aliphatic heterocycles. The maximum absolute atomic E-state index is 12.5. The first kappa shape index (κ1) is 14.6. The topological polar surface area (TPSA) is 22.1 Å². The van der Waals surface area contributed by atoms with Gasteiger partial charge < -0.3 is 4.74 Å². The highest BCUT2D eigenvalue weighted by atomic mass is 35.5. The van der Waals surface area contributed by atoms with Gasteiger partial charge in [0.15, 0.2) is 0 Å². The molecule has 0 saturated carbocycles. The molecule has 5 heteroatoms. The summed E-state index contributed by atoms with van der Waals surface area (Å²) < 4.78 is 18.1. The normalized spacial score (nSPS) is 10.9. The molecular formula is C15H10Cl2FNO. The zero-order valence-corrected chi connectivity index (χ0v) is 11.9. The summed E-state index contributed by atoms with van der Waals surface area (Å²) in [6, 6.07) is 4.92. The summed E-state index contributed by atoms with van der Waals surface area (Å²) >= 11 is 12.1. The van der Waals surface area contributed by atoms with Gasteiger partial charge in [0.2, 0.25) is 0 Å². The molecule has 0 bridgehead atoms.